The van der Waals surface area contributed by atoms with E-state index >= 15 is 0 Å². The van der Waals surface area contributed by atoms with E-state index in [-0.39, 0.29) is 12.4 Å². The highest BCUT2D eigenvalue weighted by Crippen LogP contribution is 2.34. The molecule has 2 aliphatic carbocycles. The van der Waals surface area contributed by atoms with Crippen molar-refractivity contribution in [2.75, 3.05) is 20.6 Å². The number of rotatable bonds is 5. The molecule has 0 aromatic carbocycles. The van der Waals surface area contributed by atoms with Crippen LogP contribution in [-0.4, -0.2) is 37.6 Å². The molecule has 2 nitrogen and oxygen atoms in total. The Morgan fingerprint density at radius 2 is 1.59 bits per heavy atom. The van der Waals surface area contributed by atoms with Crippen LogP contribution in [0.15, 0.2) is 0 Å². The molecule has 2 rings (SSSR count). The summed E-state index contributed by atoms with van der Waals surface area (Å²) >= 11 is 0. The zero-order valence-electron chi connectivity index (χ0n) is 11.5. The van der Waals surface area contributed by atoms with Gasteiger partial charge in [0.1, 0.15) is 0 Å². The summed E-state index contributed by atoms with van der Waals surface area (Å²) in [4.78, 5) is 2.42. The van der Waals surface area contributed by atoms with E-state index in [0.29, 0.717) is 0 Å². The van der Waals surface area contributed by atoms with E-state index in [1.54, 1.807) is 0 Å². The number of nitrogens with one attached hydrogen (secondary N) is 1. The van der Waals surface area contributed by atoms with Crippen molar-refractivity contribution in [1.82, 2.24) is 10.2 Å². The van der Waals surface area contributed by atoms with Crippen LogP contribution in [0.2, 0.25) is 0 Å². The van der Waals surface area contributed by atoms with Gasteiger partial charge >= 0.3 is 0 Å². The third kappa shape index (κ3) is 5.15. The average Bonchev–Trinajstić information content (AvgIpc) is 3.03. The normalized spacial score (nSPS) is 24.2. The SMILES string of the molecule is CN(C)C(CNC1CCCCCC1)C1CC1.Cl. The Balaban J connectivity index is 0.00000144. The van der Waals surface area contributed by atoms with Crippen LogP contribution in [0.25, 0.3) is 0 Å². The molecule has 0 aliphatic heterocycles. The first kappa shape index (κ1) is 15.3. The van der Waals surface area contributed by atoms with Crippen molar-refractivity contribution in [3.8, 4) is 0 Å². The van der Waals surface area contributed by atoms with E-state index < -0.39 is 0 Å². The second kappa shape index (κ2) is 7.60. The summed E-state index contributed by atoms with van der Waals surface area (Å²) in [5.74, 6) is 0.980. The van der Waals surface area contributed by atoms with Crippen molar-refractivity contribution in [3.63, 3.8) is 0 Å². The first-order valence-electron chi connectivity index (χ1n) is 7.17. The molecule has 2 saturated carbocycles. The molecule has 3 heteroatoms. The number of likely N-dealkylation sites (N-methyl/N-ethyl adjacent to an activating group) is 1. The van der Waals surface area contributed by atoms with Crippen molar-refractivity contribution in [1.29, 1.82) is 0 Å². The highest BCUT2D eigenvalue weighted by atomic mass is 35.5. The van der Waals surface area contributed by atoms with Gasteiger partial charge in [0.15, 0.2) is 0 Å². The molecule has 2 fully saturated rings. The lowest BCUT2D eigenvalue weighted by Gasteiger charge is -2.27. The molecular weight excluding hydrogens is 232 g/mol. The van der Waals surface area contributed by atoms with Crippen LogP contribution < -0.4 is 5.32 Å². The van der Waals surface area contributed by atoms with E-state index in [1.165, 1.54) is 57.9 Å². The standard InChI is InChI=1S/C14H28N2.ClH/c1-16(2)14(12-9-10-12)11-15-13-7-5-3-4-6-8-13;/h12-15H,3-11H2,1-2H3;1H. The largest absolute Gasteiger partial charge is 0.312 e. The maximum absolute atomic E-state index is 3.82. The molecule has 0 radical (unpaired) electrons. The highest BCUT2D eigenvalue weighted by Gasteiger charge is 2.32. The van der Waals surface area contributed by atoms with Crippen molar-refractivity contribution in [3.05, 3.63) is 0 Å². The predicted octanol–water partition coefficient (Wildman–Crippen LogP) is 3.06. The molecule has 0 aromatic heterocycles. The van der Waals surface area contributed by atoms with Crippen LogP contribution in [-0.2, 0) is 0 Å². The molecule has 0 amide bonds. The average molecular weight is 261 g/mol. The summed E-state index contributed by atoms with van der Waals surface area (Å²) < 4.78 is 0. The van der Waals surface area contributed by atoms with E-state index in [1.807, 2.05) is 0 Å². The molecule has 0 bridgehead atoms. The number of hydrogen-bond donors (Lipinski definition) is 1. The Kier molecular flexibility index (Phi) is 6.83. The summed E-state index contributed by atoms with van der Waals surface area (Å²) in [5, 5.41) is 3.82. The zero-order chi connectivity index (χ0) is 11.4. The smallest absolute Gasteiger partial charge is 0.0242 e. The van der Waals surface area contributed by atoms with Crippen molar-refractivity contribution in [2.24, 2.45) is 5.92 Å². The third-order valence-corrected chi connectivity index (χ3v) is 4.30. The van der Waals surface area contributed by atoms with Crippen LogP contribution in [0.3, 0.4) is 0 Å². The van der Waals surface area contributed by atoms with Crippen LogP contribution in [0.5, 0.6) is 0 Å². The molecule has 0 saturated heterocycles. The molecular formula is C14H29ClN2. The third-order valence-electron chi connectivity index (χ3n) is 4.30. The topological polar surface area (TPSA) is 15.3 Å². The van der Waals surface area contributed by atoms with Crippen molar-refractivity contribution < 1.29 is 0 Å². The summed E-state index contributed by atoms with van der Waals surface area (Å²) in [7, 11) is 4.47. The van der Waals surface area contributed by atoms with Gasteiger partial charge in [0.25, 0.3) is 0 Å². The minimum Gasteiger partial charge on any atom is -0.312 e. The number of nitrogens with zero attached hydrogens (tertiary/aromatic N) is 1. The van der Waals surface area contributed by atoms with Gasteiger partial charge < -0.3 is 10.2 Å². The van der Waals surface area contributed by atoms with Gasteiger partial charge in [-0.2, -0.15) is 0 Å². The Morgan fingerprint density at radius 1 is 1.00 bits per heavy atom. The van der Waals surface area contributed by atoms with Crippen LogP contribution in [0.4, 0.5) is 0 Å². The van der Waals surface area contributed by atoms with Crippen LogP contribution in [0.1, 0.15) is 51.4 Å². The lowest BCUT2D eigenvalue weighted by molar-refractivity contribution is 0.245. The predicted molar refractivity (Wildman–Crippen MR) is 76.9 cm³/mol. The first-order chi connectivity index (χ1) is 7.77. The zero-order valence-corrected chi connectivity index (χ0v) is 12.3. The van der Waals surface area contributed by atoms with E-state index in [0.717, 1.165) is 18.0 Å². The summed E-state index contributed by atoms with van der Waals surface area (Å²) in [6.07, 6.45) is 11.5. The lowest BCUT2D eigenvalue weighted by atomic mass is 10.1. The summed E-state index contributed by atoms with van der Waals surface area (Å²) in [5.41, 5.74) is 0. The van der Waals surface area contributed by atoms with E-state index in [4.69, 9.17) is 0 Å². The van der Waals surface area contributed by atoms with Gasteiger partial charge in [-0.15, -0.1) is 12.4 Å². The minimum atomic E-state index is 0. The Labute approximate surface area is 113 Å². The molecule has 17 heavy (non-hydrogen) atoms. The molecule has 2 aliphatic rings. The van der Waals surface area contributed by atoms with Gasteiger partial charge in [-0.25, -0.2) is 0 Å². The highest BCUT2D eigenvalue weighted by molar-refractivity contribution is 5.85. The monoisotopic (exact) mass is 260 g/mol. The van der Waals surface area contributed by atoms with Gasteiger partial charge in [0, 0.05) is 18.6 Å². The molecule has 0 aromatic rings. The van der Waals surface area contributed by atoms with E-state index in [9.17, 15) is 0 Å². The molecule has 1 atom stereocenters. The maximum atomic E-state index is 3.82. The maximum Gasteiger partial charge on any atom is 0.0242 e. The summed E-state index contributed by atoms with van der Waals surface area (Å²) in [6, 6.07) is 1.59. The first-order valence-corrected chi connectivity index (χ1v) is 7.17. The van der Waals surface area contributed by atoms with Gasteiger partial charge in [0.05, 0.1) is 0 Å². The number of hydrogen-bond acceptors (Lipinski definition) is 2. The quantitative estimate of drug-likeness (QED) is 0.765. The Bertz CT molecular complexity index is 194. The lowest BCUT2D eigenvalue weighted by Crippen LogP contribution is -2.43. The fourth-order valence-electron chi connectivity index (χ4n) is 3.02. The molecule has 1 unspecified atom stereocenters. The second-order valence-corrected chi connectivity index (χ2v) is 5.97. The van der Waals surface area contributed by atoms with Crippen LogP contribution >= 0.6 is 12.4 Å². The van der Waals surface area contributed by atoms with Crippen molar-refractivity contribution in [2.45, 2.75) is 63.5 Å². The molecule has 0 spiro atoms. The number of halogens is 1. The molecule has 102 valence electrons. The Morgan fingerprint density at radius 3 is 2.06 bits per heavy atom. The summed E-state index contributed by atoms with van der Waals surface area (Å²) in [6.45, 7) is 1.21. The minimum absolute atomic E-state index is 0. The fourth-order valence-corrected chi connectivity index (χ4v) is 3.02. The van der Waals surface area contributed by atoms with Gasteiger partial charge in [0.2, 0.25) is 0 Å². The second-order valence-electron chi connectivity index (χ2n) is 5.97. The van der Waals surface area contributed by atoms with Gasteiger partial charge in [-0.1, -0.05) is 25.7 Å². The molecule has 0 heterocycles. The van der Waals surface area contributed by atoms with Crippen LogP contribution in [0, 0.1) is 5.92 Å². The molecule has 1 N–H and O–H groups in total. The van der Waals surface area contributed by atoms with E-state index in [2.05, 4.69) is 24.3 Å². The van der Waals surface area contributed by atoms with Gasteiger partial charge in [-0.05, 0) is 45.7 Å². The van der Waals surface area contributed by atoms with Gasteiger partial charge in [-0.3, -0.25) is 0 Å². The fraction of sp³-hybridized carbons (Fsp3) is 1.00. The Hall–Kier alpha value is 0.210. The van der Waals surface area contributed by atoms with Crippen molar-refractivity contribution >= 4 is 12.4 Å².